The molecule has 170 valence electrons. The number of hydrogen-bond acceptors (Lipinski definition) is 4. The molecule has 0 aliphatic rings. The zero-order chi connectivity index (χ0) is 23.6. The Morgan fingerprint density at radius 3 is 2.28 bits per heavy atom. The molecule has 0 bridgehead atoms. The van der Waals surface area contributed by atoms with E-state index < -0.39 is 12.1 Å². The average Bonchev–Trinajstić information content (AvgIpc) is 3.16. The van der Waals surface area contributed by atoms with Gasteiger partial charge < -0.3 is 10.4 Å². The minimum atomic E-state index is -5.08. The second kappa shape index (κ2) is 11.6. The van der Waals surface area contributed by atoms with E-state index in [4.69, 9.17) is 9.90 Å². The van der Waals surface area contributed by atoms with Crippen molar-refractivity contribution in [3.05, 3.63) is 72.2 Å². The van der Waals surface area contributed by atoms with Gasteiger partial charge in [-0.15, -0.1) is 0 Å². The summed E-state index contributed by atoms with van der Waals surface area (Å²) in [5.74, 6) is -2.88. The summed E-state index contributed by atoms with van der Waals surface area (Å²) in [5.41, 5.74) is 3.71. The summed E-state index contributed by atoms with van der Waals surface area (Å²) in [6.45, 7) is 0.654. The molecule has 2 N–H and O–H groups in total. The number of aryl methyl sites for hydroxylation is 2. The summed E-state index contributed by atoms with van der Waals surface area (Å²) in [4.78, 5) is 25.2. The summed E-state index contributed by atoms with van der Waals surface area (Å²) in [7, 11) is 1.85. The van der Waals surface area contributed by atoms with Crippen LogP contribution in [0.5, 0.6) is 0 Å². The van der Waals surface area contributed by atoms with Crippen LogP contribution in [0.3, 0.4) is 0 Å². The van der Waals surface area contributed by atoms with Crippen molar-refractivity contribution in [1.29, 1.82) is 0 Å². The molecule has 2 heterocycles. The number of carboxylic acids is 1. The van der Waals surface area contributed by atoms with E-state index in [0.717, 1.165) is 30.5 Å². The number of alkyl halides is 3. The van der Waals surface area contributed by atoms with Crippen molar-refractivity contribution in [3.63, 3.8) is 0 Å². The monoisotopic (exact) mass is 448 g/mol. The first kappa shape index (κ1) is 24.6. The first-order valence-electron chi connectivity index (χ1n) is 9.75. The van der Waals surface area contributed by atoms with Gasteiger partial charge in [0.15, 0.2) is 5.69 Å². The third-order valence-electron chi connectivity index (χ3n) is 4.35. The van der Waals surface area contributed by atoms with Gasteiger partial charge in [0.2, 0.25) is 0 Å². The molecule has 0 atom stereocenters. The van der Waals surface area contributed by atoms with Crippen LogP contribution in [-0.4, -0.2) is 44.5 Å². The van der Waals surface area contributed by atoms with Gasteiger partial charge in [0, 0.05) is 26.0 Å². The van der Waals surface area contributed by atoms with Crippen LogP contribution in [0.4, 0.5) is 13.2 Å². The van der Waals surface area contributed by atoms with Gasteiger partial charge in [0.05, 0.1) is 5.69 Å². The molecule has 0 saturated carbocycles. The molecule has 0 radical (unpaired) electrons. The molecular weight excluding hydrogens is 425 g/mol. The van der Waals surface area contributed by atoms with E-state index in [2.05, 4.69) is 15.4 Å². The van der Waals surface area contributed by atoms with Gasteiger partial charge in [-0.3, -0.25) is 14.5 Å². The van der Waals surface area contributed by atoms with E-state index >= 15 is 0 Å². The average molecular weight is 448 g/mol. The number of halogens is 3. The third-order valence-corrected chi connectivity index (χ3v) is 4.35. The highest BCUT2D eigenvalue weighted by atomic mass is 19.4. The number of amides is 1. The zero-order valence-electron chi connectivity index (χ0n) is 17.3. The van der Waals surface area contributed by atoms with Crippen LogP contribution >= 0.6 is 0 Å². The molecule has 0 aliphatic carbocycles. The van der Waals surface area contributed by atoms with Crippen molar-refractivity contribution in [2.24, 2.45) is 7.05 Å². The van der Waals surface area contributed by atoms with E-state index in [-0.39, 0.29) is 5.91 Å². The molecule has 0 saturated heterocycles. The minimum Gasteiger partial charge on any atom is -0.475 e. The van der Waals surface area contributed by atoms with Crippen LogP contribution in [0, 0.1) is 0 Å². The lowest BCUT2D eigenvalue weighted by Gasteiger charge is -2.03. The van der Waals surface area contributed by atoms with Gasteiger partial charge in [-0.2, -0.15) is 18.3 Å². The zero-order valence-corrected chi connectivity index (χ0v) is 17.3. The van der Waals surface area contributed by atoms with Crippen molar-refractivity contribution in [2.45, 2.75) is 25.4 Å². The Balaban J connectivity index is 0.000000451. The Bertz CT molecular complexity index is 1010. The van der Waals surface area contributed by atoms with Gasteiger partial charge in [0.25, 0.3) is 5.91 Å². The predicted octanol–water partition coefficient (Wildman–Crippen LogP) is 3.87. The Morgan fingerprint density at radius 1 is 1.06 bits per heavy atom. The van der Waals surface area contributed by atoms with Gasteiger partial charge in [-0.1, -0.05) is 30.3 Å². The first-order chi connectivity index (χ1) is 15.2. The fraction of sp³-hybridized carbons (Fsp3) is 0.273. The SMILES string of the molecule is Cn1nc(C(=O)NCCCCc2ccncc2)cc1-c1ccccc1.O=C(O)C(F)(F)F. The van der Waals surface area contributed by atoms with E-state index in [9.17, 15) is 18.0 Å². The number of carbonyl (C=O) groups is 2. The number of carboxylic acid groups (broad SMARTS) is 1. The molecule has 3 aromatic rings. The van der Waals surface area contributed by atoms with Crippen molar-refractivity contribution in [1.82, 2.24) is 20.1 Å². The number of pyridine rings is 1. The molecule has 1 amide bonds. The highest BCUT2D eigenvalue weighted by molar-refractivity contribution is 5.93. The number of unbranched alkanes of at least 4 members (excludes halogenated alkanes) is 1. The summed E-state index contributed by atoms with van der Waals surface area (Å²) < 4.78 is 33.5. The number of nitrogens with one attached hydrogen (secondary N) is 1. The highest BCUT2D eigenvalue weighted by Crippen LogP contribution is 2.19. The lowest BCUT2D eigenvalue weighted by atomic mass is 10.1. The lowest BCUT2D eigenvalue weighted by Crippen LogP contribution is -2.25. The standard InChI is InChI=1S/C20H22N4O.C2HF3O2/c1-24-19(17-8-3-2-4-9-17)15-18(23-24)20(25)22-12-6-5-7-16-10-13-21-14-11-16;3-2(4,5)1(6)7/h2-4,8-11,13-15H,5-7,12H2,1H3,(H,22,25);(H,6,7). The number of aromatic nitrogens is 3. The predicted molar refractivity (Wildman–Crippen MR) is 112 cm³/mol. The Hall–Kier alpha value is -3.69. The second-order valence-electron chi connectivity index (χ2n) is 6.78. The summed E-state index contributed by atoms with van der Waals surface area (Å²) in [6.07, 6.45) is 1.50. The van der Waals surface area contributed by atoms with Gasteiger partial charge in [-0.05, 0) is 48.6 Å². The molecule has 2 aromatic heterocycles. The van der Waals surface area contributed by atoms with E-state index in [1.807, 2.05) is 68.0 Å². The normalized spacial score (nSPS) is 10.8. The number of nitrogens with zero attached hydrogens (tertiary/aromatic N) is 3. The largest absolute Gasteiger partial charge is 0.490 e. The van der Waals surface area contributed by atoms with Crippen LogP contribution in [0.2, 0.25) is 0 Å². The number of benzene rings is 1. The maximum Gasteiger partial charge on any atom is 0.490 e. The molecule has 0 fully saturated rings. The van der Waals surface area contributed by atoms with Crippen LogP contribution in [0.15, 0.2) is 60.9 Å². The summed E-state index contributed by atoms with van der Waals surface area (Å²) in [6, 6.07) is 15.8. The fourth-order valence-electron chi connectivity index (χ4n) is 2.75. The highest BCUT2D eigenvalue weighted by Gasteiger charge is 2.38. The topological polar surface area (TPSA) is 97.1 Å². The van der Waals surface area contributed by atoms with E-state index in [1.165, 1.54) is 5.56 Å². The molecule has 3 rings (SSSR count). The molecule has 32 heavy (non-hydrogen) atoms. The second-order valence-corrected chi connectivity index (χ2v) is 6.78. The van der Waals surface area contributed by atoms with Crippen molar-refractivity contribution in [3.8, 4) is 11.3 Å². The molecule has 10 heteroatoms. The maximum atomic E-state index is 12.3. The number of rotatable bonds is 7. The Kier molecular flexibility index (Phi) is 8.94. The number of hydrogen-bond donors (Lipinski definition) is 2. The van der Waals surface area contributed by atoms with Crippen LogP contribution in [0.1, 0.15) is 28.9 Å². The van der Waals surface area contributed by atoms with Crippen LogP contribution in [0.25, 0.3) is 11.3 Å². The molecule has 0 spiro atoms. The lowest BCUT2D eigenvalue weighted by molar-refractivity contribution is -0.192. The van der Waals surface area contributed by atoms with Crippen molar-refractivity contribution >= 4 is 11.9 Å². The molecule has 0 unspecified atom stereocenters. The quantitative estimate of drug-likeness (QED) is 0.535. The van der Waals surface area contributed by atoms with Crippen molar-refractivity contribution < 1.29 is 27.9 Å². The van der Waals surface area contributed by atoms with E-state index in [0.29, 0.717) is 12.2 Å². The van der Waals surface area contributed by atoms with Gasteiger partial charge in [0.1, 0.15) is 0 Å². The minimum absolute atomic E-state index is 0.123. The van der Waals surface area contributed by atoms with Gasteiger partial charge >= 0.3 is 12.1 Å². The summed E-state index contributed by atoms with van der Waals surface area (Å²) in [5, 5.41) is 14.4. The maximum absolute atomic E-state index is 12.3. The third kappa shape index (κ3) is 7.86. The van der Waals surface area contributed by atoms with E-state index in [1.54, 1.807) is 4.68 Å². The molecular formula is C22H23F3N4O3. The van der Waals surface area contributed by atoms with Crippen LogP contribution in [-0.2, 0) is 18.3 Å². The molecule has 0 aliphatic heterocycles. The number of carbonyl (C=O) groups excluding carboxylic acids is 1. The fourth-order valence-corrected chi connectivity index (χ4v) is 2.75. The number of aliphatic carboxylic acids is 1. The summed E-state index contributed by atoms with van der Waals surface area (Å²) >= 11 is 0. The Morgan fingerprint density at radius 2 is 1.69 bits per heavy atom. The Labute approximate surface area is 182 Å². The van der Waals surface area contributed by atoms with Gasteiger partial charge in [-0.25, -0.2) is 4.79 Å². The molecule has 1 aromatic carbocycles. The van der Waals surface area contributed by atoms with Crippen LogP contribution < -0.4 is 5.32 Å². The smallest absolute Gasteiger partial charge is 0.475 e. The first-order valence-corrected chi connectivity index (χ1v) is 9.75. The molecule has 7 nitrogen and oxygen atoms in total. The van der Waals surface area contributed by atoms with Crippen molar-refractivity contribution in [2.75, 3.05) is 6.54 Å².